The number of aromatic nitrogens is 1. The summed E-state index contributed by atoms with van der Waals surface area (Å²) in [7, 11) is 0. The van der Waals surface area contributed by atoms with E-state index in [1.807, 2.05) is 12.4 Å². The molecule has 0 spiro atoms. The number of hydrogen-bond donors (Lipinski definition) is 1. The highest BCUT2D eigenvalue weighted by Gasteiger charge is 2.17. The standard InChI is InChI=1S/C15H25BrN4/c1-3-19-4-6-20(7-5-19)12-13(2)9-18-15-8-14(16)10-17-11-15/h8,10-11,13,18H,3-7,9,12H2,1-2H3/t13-/m0/s1. The summed E-state index contributed by atoms with van der Waals surface area (Å²) in [6.07, 6.45) is 3.68. The van der Waals surface area contributed by atoms with Crippen LogP contribution in [0.5, 0.6) is 0 Å². The Kier molecular flexibility index (Phi) is 6.26. The third kappa shape index (κ3) is 5.04. The summed E-state index contributed by atoms with van der Waals surface area (Å²) >= 11 is 3.45. The third-order valence-electron chi connectivity index (χ3n) is 3.84. The summed E-state index contributed by atoms with van der Waals surface area (Å²) in [6, 6.07) is 2.07. The van der Waals surface area contributed by atoms with Crippen molar-refractivity contribution in [2.45, 2.75) is 13.8 Å². The van der Waals surface area contributed by atoms with Crippen LogP contribution in [0.25, 0.3) is 0 Å². The lowest BCUT2D eigenvalue weighted by Crippen LogP contribution is -2.47. The van der Waals surface area contributed by atoms with E-state index in [1.54, 1.807) is 0 Å². The van der Waals surface area contributed by atoms with Crippen molar-refractivity contribution in [2.24, 2.45) is 5.92 Å². The lowest BCUT2D eigenvalue weighted by atomic mass is 10.1. The number of piperazine rings is 1. The number of nitrogens with one attached hydrogen (secondary N) is 1. The molecule has 0 radical (unpaired) electrons. The van der Waals surface area contributed by atoms with Crippen molar-refractivity contribution in [3.63, 3.8) is 0 Å². The SMILES string of the molecule is CCN1CCN(C[C@@H](C)CNc2cncc(Br)c2)CC1. The molecule has 1 atom stereocenters. The first-order valence-electron chi connectivity index (χ1n) is 7.46. The van der Waals surface area contributed by atoms with Gasteiger partial charge in [-0.2, -0.15) is 0 Å². The predicted molar refractivity (Wildman–Crippen MR) is 88.1 cm³/mol. The number of anilines is 1. The summed E-state index contributed by atoms with van der Waals surface area (Å²) < 4.78 is 1.02. The molecule has 4 nitrogen and oxygen atoms in total. The summed E-state index contributed by atoms with van der Waals surface area (Å²) in [5.41, 5.74) is 1.09. The molecule has 0 bridgehead atoms. The molecule has 0 aliphatic carbocycles. The summed E-state index contributed by atoms with van der Waals surface area (Å²) in [6.45, 7) is 12.7. The maximum atomic E-state index is 4.17. The molecular formula is C15H25BrN4. The van der Waals surface area contributed by atoms with Crippen LogP contribution in [-0.2, 0) is 0 Å². The summed E-state index contributed by atoms with van der Waals surface area (Å²) in [5, 5.41) is 3.47. The quantitative estimate of drug-likeness (QED) is 0.862. The van der Waals surface area contributed by atoms with Crippen molar-refractivity contribution in [1.82, 2.24) is 14.8 Å². The van der Waals surface area contributed by atoms with Crippen LogP contribution >= 0.6 is 15.9 Å². The van der Waals surface area contributed by atoms with Crippen molar-refractivity contribution < 1.29 is 0 Å². The second-order valence-corrected chi connectivity index (χ2v) is 6.53. The van der Waals surface area contributed by atoms with E-state index in [1.165, 1.54) is 39.3 Å². The average molecular weight is 341 g/mol. The minimum Gasteiger partial charge on any atom is -0.383 e. The monoisotopic (exact) mass is 340 g/mol. The van der Waals surface area contributed by atoms with E-state index >= 15 is 0 Å². The van der Waals surface area contributed by atoms with Crippen molar-refractivity contribution in [2.75, 3.05) is 51.1 Å². The first kappa shape index (κ1) is 15.7. The third-order valence-corrected chi connectivity index (χ3v) is 4.28. The molecule has 0 unspecified atom stereocenters. The zero-order valence-electron chi connectivity index (χ0n) is 12.5. The molecule has 0 saturated carbocycles. The fraction of sp³-hybridized carbons (Fsp3) is 0.667. The molecule has 5 heteroatoms. The van der Waals surface area contributed by atoms with Crippen molar-refractivity contribution >= 4 is 21.6 Å². The summed E-state index contributed by atoms with van der Waals surface area (Å²) in [4.78, 5) is 9.27. The van der Waals surface area contributed by atoms with Gasteiger partial charge in [0.25, 0.3) is 0 Å². The molecule has 2 rings (SSSR count). The molecule has 1 aromatic rings. The lowest BCUT2D eigenvalue weighted by Gasteiger charge is -2.35. The van der Waals surface area contributed by atoms with Crippen LogP contribution in [0.1, 0.15) is 13.8 Å². The Bertz CT molecular complexity index is 405. The maximum Gasteiger partial charge on any atom is 0.0538 e. The van der Waals surface area contributed by atoms with Crippen molar-refractivity contribution in [1.29, 1.82) is 0 Å². The first-order chi connectivity index (χ1) is 9.67. The molecular weight excluding hydrogens is 316 g/mol. The number of hydrogen-bond acceptors (Lipinski definition) is 4. The first-order valence-corrected chi connectivity index (χ1v) is 8.25. The molecule has 1 saturated heterocycles. The van der Waals surface area contributed by atoms with Crippen molar-refractivity contribution in [3.05, 3.63) is 22.9 Å². The Morgan fingerprint density at radius 2 is 1.95 bits per heavy atom. The molecule has 0 aromatic carbocycles. The molecule has 1 N–H and O–H groups in total. The highest BCUT2D eigenvalue weighted by Crippen LogP contribution is 2.14. The predicted octanol–water partition coefficient (Wildman–Crippen LogP) is 2.53. The zero-order chi connectivity index (χ0) is 14.4. The van der Waals surface area contributed by atoms with Crippen molar-refractivity contribution in [3.8, 4) is 0 Å². The Morgan fingerprint density at radius 1 is 1.25 bits per heavy atom. The van der Waals surface area contributed by atoms with Gasteiger partial charge in [0, 0.05) is 49.9 Å². The Labute approximate surface area is 130 Å². The molecule has 1 aromatic heterocycles. The van der Waals surface area contributed by atoms with Crippen LogP contribution < -0.4 is 5.32 Å². The molecule has 112 valence electrons. The number of rotatable bonds is 6. The van der Waals surface area contributed by atoms with Gasteiger partial charge in [-0.25, -0.2) is 0 Å². The van der Waals surface area contributed by atoms with E-state index in [2.05, 4.69) is 55.9 Å². The van der Waals surface area contributed by atoms with Crippen LogP contribution in [0, 0.1) is 5.92 Å². The van der Waals surface area contributed by atoms with Gasteiger partial charge in [-0.1, -0.05) is 13.8 Å². The second kappa shape index (κ2) is 7.96. The van der Waals surface area contributed by atoms with Gasteiger partial charge in [-0.3, -0.25) is 4.98 Å². The van der Waals surface area contributed by atoms with Gasteiger partial charge in [-0.05, 0) is 34.5 Å². The van der Waals surface area contributed by atoms with Gasteiger partial charge in [0.1, 0.15) is 0 Å². The fourth-order valence-corrected chi connectivity index (χ4v) is 2.96. The van der Waals surface area contributed by atoms with Gasteiger partial charge in [0.05, 0.1) is 11.9 Å². The van der Waals surface area contributed by atoms with Crippen LogP contribution in [0.2, 0.25) is 0 Å². The highest BCUT2D eigenvalue weighted by atomic mass is 79.9. The molecule has 0 amide bonds. The molecule has 1 aliphatic heterocycles. The largest absolute Gasteiger partial charge is 0.383 e. The Balaban J connectivity index is 1.69. The molecule has 20 heavy (non-hydrogen) atoms. The topological polar surface area (TPSA) is 31.4 Å². The summed E-state index contributed by atoms with van der Waals surface area (Å²) in [5.74, 6) is 0.641. The van der Waals surface area contributed by atoms with E-state index in [-0.39, 0.29) is 0 Å². The average Bonchev–Trinajstić information content (AvgIpc) is 2.46. The normalized spacial score (nSPS) is 18.9. The number of halogens is 1. The van der Waals surface area contributed by atoms with Crippen LogP contribution in [-0.4, -0.2) is 60.6 Å². The Morgan fingerprint density at radius 3 is 2.60 bits per heavy atom. The van der Waals surface area contributed by atoms with Gasteiger partial charge in [0.15, 0.2) is 0 Å². The van der Waals surface area contributed by atoms with E-state index in [4.69, 9.17) is 0 Å². The second-order valence-electron chi connectivity index (χ2n) is 5.61. The fourth-order valence-electron chi connectivity index (χ4n) is 2.59. The highest BCUT2D eigenvalue weighted by molar-refractivity contribution is 9.10. The minimum atomic E-state index is 0.641. The number of likely N-dealkylation sites (N-methyl/N-ethyl adjacent to an activating group) is 1. The van der Waals surface area contributed by atoms with E-state index in [0.717, 1.165) is 16.7 Å². The van der Waals surface area contributed by atoms with Crippen LogP contribution in [0.3, 0.4) is 0 Å². The maximum absolute atomic E-state index is 4.17. The van der Waals surface area contributed by atoms with Gasteiger partial charge < -0.3 is 15.1 Å². The van der Waals surface area contributed by atoms with E-state index in [9.17, 15) is 0 Å². The molecule has 1 aliphatic rings. The lowest BCUT2D eigenvalue weighted by molar-refractivity contribution is 0.126. The molecule has 1 fully saturated rings. The smallest absolute Gasteiger partial charge is 0.0538 e. The number of pyridine rings is 1. The minimum absolute atomic E-state index is 0.641. The van der Waals surface area contributed by atoms with Crippen LogP contribution in [0.15, 0.2) is 22.9 Å². The Hall–Kier alpha value is -0.650. The van der Waals surface area contributed by atoms with Gasteiger partial charge in [-0.15, -0.1) is 0 Å². The van der Waals surface area contributed by atoms with Gasteiger partial charge in [0.2, 0.25) is 0 Å². The molecule has 2 heterocycles. The zero-order valence-corrected chi connectivity index (χ0v) is 14.1. The number of nitrogens with zero attached hydrogens (tertiary/aromatic N) is 3. The van der Waals surface area contributed by atoms with Gasteiger partial charge >= 0.3 is 0 Å². The van der Waals surface area contributed by atoms with E-state index < -0.39 is 0 Å². The van der Waals surface area contributed by atoms with E-state index in [0.29, 0.717) is 5.92 Å². The van der Waals surface area contributed by atoms with Crippen LogP contribution in [0.4, 0.5) is 5.69 Å².